The first-order chi connectivity index (χ1) is 13.1. The average molecular weight is 368 g/mol. The third-order valence-electron chi connectivity index (χ3n) is 4.47. The highest BCUT2D eigenvalue weighted by molar-refractivity contribution is 5.94. The first-order valence-electron chi connectivity index (χ1n) is 9.29. The van der Waals surface area contributed by atoms with Crippen LogP contribution in [-0.4, -0.2) is 43.5 Å². The fourth-order valence-electron chi connectivity index (χ4n) is 2.95. The number of methoxy groups -OCH3 is 1. The number of nitrogens with zero attached hydrogens (tertiary/aromatic N) is 2. The van der Waals surface area contributed by atoms with Crippen LogP contribution in [0.4, 0.5) is 5.69 Å². The molecule has 5 heteroatoms. The van der Waals surface area contributed by atoms with Gasteiger partial charge in [0, 0.05) is 25.9 Å². The maximum atomic E-state index is 12.5. The summed E-state index contributed by atoms with van der Waals surface area (Å²) in [5.41, 5.74) is 2.78. The Kier molecular flexibility index (Phi) is 8.01. The van der Waals surface area contributed by atoms with E-state index in [9.17, 15) is 9.59 Å². The standard InChI is InChI=1S/C22H28N2O3/c1-4-23(5-2)21(25)15-18-11-13-20(14-12-18)24(22(26)17-27-3)16-19-9-7-6-8-10-19/h6-14H,4-5,15-17H2,1-3H3. The number of hydrogen-bond donors (Lipinski definition) is 0. The Labute approximate surface area is 161 Å². The zero-order valence-electron chi connectivity index (χ0n) is 16.4. The van der Waals surface area contributed by atoms with Crippen LogP contribution in [0.25, 0.3) is 0 Å². The van der Waals surface area contributed by atoms with Gasteiger partial charge in [-0.2, -0.15) is 0 Å². The molecule has 0 unspecified atom stereocenters. The second-order valence-electron chi connectivity index (χ2n) is 6.31. The second kappa shape index (κ2) is 10.5. The predicted octanol–water partition coefficient (Wildman–Crippen LogP) is 3.28. The van der Waals surface area contributed by atoms with Crippen molar-refractivity contribution in [1.82, 2.24) is 4.90 Å². The van der Waals surface area contributed by atoms with Gasteiger partial charge in [-0.05, 0) is 37.1 Å². The van der Waals surface area contributed by atoms with Crippen molar-refractivity contribution in [2.45, 2.75) is 26.8 Å². The lowest BCUT2D eigenvalue weighted by Crippen LogP contribution is -2.33. The Morgan fingerprint density at radius 1 is 0.852 bits per heavy atom. The van der Waals surface area contributed by atoms with Crippen LogP contribution in [0.2, 0.25) is 0 Å². The van der Waals surface area contributed by atoms with Gasteiger partial charge in [0.2, 0.25) is 5.91 Å². The van der Waals surface area contributed by atoms with E-state index in [0.29, 0.717) is 26.1 Å². The molecular weight excluding hydrogens is 340 g/mol. The van der Waals surface area contributed by atoms with Gasteiger partial charge in [-0.15, -0.1) is 0 Å². The molecule has 2 aromatic rings. The topological polar surface area (TPSA) is 49.9 Å². The Morgan fingerprint density at radius 3 is 2.04 bits per heavy atom. The molecule has 0 spiro atoms. The van der Waals surface area contributed by atoms with Crippen LogP contribution < -0.4 is 4.90 Å². The summed E-state index contributed by atoms with van der Waals surface area (Å²) in [7, 11) is 1.51. The minimum absolute atomic E-state index is 0.0228. The highest BCUT2D eigenvalue weighted by Gasteiger charge is 2.17. The van der Waals surface area contributed by atoms with Crippen molar-refractivity contribution in [3.8, 4) is 0 Å². The molecule has 2 aromatic carbocycles. The van der Waals surface area contributed by atoms with Crippen LogP contribution in [-0.2, 0) is 27.3 Å². The number of likely N-dealkylation sites (N-methyl/N-ethyl adjacent to an activating group) is 1. The van der Waals surface area contributed by atoms with Crippen LogP contribution in [0.5, 0.6) is 0 Å². The molecule has 144 valence electrons. The minimum Gasteiger partial charge on any atom is -0.375 e. The predicted molar refractivity (Wildman–Crippen MR) is 108 cm³/mol. The highest BCUT2D eigenvalue weighted by atomic mass is 16.5. The molecule has 0 bridgehead atoms. The van der Waals surface area contributed by atoms with Crippen molar-refractivity contribution in [3.05, 3.63) is 65.7 Å². The molecule has 0 saturated heterocycles. The maximum absolute atomic E-state index is 12.5. The molecule has 0 N–H and O–H groups in total. The Bertz CT molecular complexity index is 725. The maximum Gasteiger partial charge on any atom is 0.253 e. The summed E-state index contributed by atoms with van der Waals surface area (Å²) >= 11 is 0. The number of amides is 2. The molecule has 0 heterocycles. The van der Waals surface area contributed by atoms with Gasteiger partial charge in [-0.25, -0.2) is 0 Å². The zero-order valence-corrected chi connectivity index (χ0v) is 16.4. The smallest absolute Gasteiger partial charge is 0.253 e. The normalized spacial score (nSPS) is 10.5. The van der Waals surface area contributed by atoms with Crippen molar-refractivity contribution < 1.29 is 14.3 Å². The summed E-state index contributed by atoms with van der Waals surface area (Å²) in [6, 6.07) is 17.4. The van der Waals surface area contributed by atoms with Crippen LogP contribution in [0, 0.1) is 0 Å². The van der Waals surface area contributed by atoms with E-state index in [2.05, 4.69) is 0 Å². The fraction of sp³-hybridized carbons (Fsp3) is 0.364. The van der Waals surface area contributed by atoms with Gasteiger partial charge in [0.05, 0.1) is 13.0 Å². The number of rotatable bonds is 9. The molecule has 0 aliphatic rings. The first kappa shape index (κ1) is 20.6. The second-order valence-corrected chi connectivity index (χ2v) is 6.31. The SMILES string of the molecule is CCN(CC)C(=O)Cc1ccc(N(Cc2ccccc2)C(=O)COC)cc1. The summed E-state index contributed by atoms with van der Waals surface area (Å²) in [4.78, 5) is 28.3. The van der Waals surface area contributed by atoms with Crippen LogP contribution >= 0.6 is 0 Å². The van der Waals surface area contributed by atoms with E-state index < -0.39 is 0 Å². The lowest BCUT2D eigenvalue weighted by molar-refractivity contribution is -0.130. The third kappa shape index (κ3) is 5.93. The highest BCUT2D eigenvalue weighted by Crippen LogP contribution is 2.19. The molecule has 0 aromatic heterocycles. The lowest BCUT2D eigenvalue weighted by Gasteiger charge is -2.23. The van der Waals surface area contributed by atoms with E-state index in [1.807, 2.05) is 73.3 Å². The van der Waals surface area contributed by atoms with E-state index in [1.165, 1.54) is 7.11 Å². The Hall–Kier alpha value is -2.66. The van der Waals surface area contributed by atoms with Crippen molar-refractivity contribution in [2.24, 2.45) is 0 Å². The van der Waals surface area contributed by atoms with E-state index >= 15 is 0 Å². The summed E-state index contributed by atoms with van der Waals surface area (Å²) in [5, 5.41) is 0. The molecule has 0 radical (unpaired) electrons. The van der Waals surface area contributed by atoms with Crippen molar-refractivity contribution in [1.29, 1.82) is 0 Å². The van der Waals surface area contributed by atoms with Gasteiger partial charge in [-0.1, -0.05) is 42.5 Å². The minimum atomic E-state index is -0.103. The molecule has 0 aliphatic carbocycles. The molecule has 0 fully saturated rings. The molecule has 27 heavy (non-hydrogen) atoms. The monoisotopic (exact) mass is 368 g/mol. The van der Waals surface area contributed by atoms with Crippen molar-refractivity contribution in [2.75, 3.05) is 31.7 Å². The van der Waals surface area contributed by atoms with Crippen molar-refractivity contribution in [3.63, 3.8) is 0 Å². The van der Waals surface area contributed by atoms with Gasteiger partial charge < -0.3 is 14.5 Å². The number of ether oxygens (including phenoxy) is 1. The summed E-state index contributed by atoms with van der Waals surface area (Å²) in [6.07, 6.45) is 0.368. The van der Waals surface area contributed by atoms with Crippen LogP contribution in [0.15, 0.2) is 54.6 Å². The molecular formula is C22H28N2O3. The molecule has 2 rings (SSSR count). The summed E-state index contributed by atoms with van der Waals surface area (Å²) in [6.45, 7) is 5.88. The van der Waals surface area contributed by atoms with Gasteiger partial charge in [0.25, 0.3) is 5.91 Å². The van der Waals surface area contributed by atoms with E-state index in [0.717, 1.165) is 16.8 Å². The number of hydrogen-bond acceptors (Lipinski definition) is 3. The third-order valence-corrected chi connectivity index (χ3v) is 4.47. The quantitative estimate of drug-likeness (QED) is 0.682. The van der Waals surface area contributed by atoms with Gasteiger partial charge in [0.1, 0.15) is 6.61 Å². The summed E-state index contributed by atoms with van der Waals surface area (Å²) in [5.74, 6) is 0.0117. The molecule has 5 nitrogen and oxygen atoms in total. The number of carbonyl (C=O) groups is 2. The van der Waals surface area contributed by atoms with E-state index in [4.69, 9.17) is 4.74 Å². The molecule has 0 atom stereocenters. The first-order valence-corrected chi connectivity index (χ1v) is 9.29. The molecule has 0 aliphatic heterocycles. The number of carbonyl (C=O) groups excluding carboxylic acids is 2. The largest absolute Gasteiger partial charge is 0.375 e. The zero-order chi connectivity index (χ0) is 19.6. The van der Waals surface area contributed by atoms with Gasteiger partial charge >= 0.3 is 0 Å². The molecule has 2 amide bonds. The van der Waals surface area contributed by atoms with Gasteiger partial charge in [0.15, 0.2) is 0 Å². The van der Waals surface area contributed by atoms with E-state index in [-0.39, 0.29) is 18.4 Å². The lowest BCUT2D eigenvalue weighted by atomic mass is 10.1. The summed E-state index contributed by atoms with van der Waals surface area (Å²) < 4.78 is 5.03. The Morgan fingerprint density at radius 2 is 1.48 bits per heavy atom. The fourth-order valence-corrected chi connectivity index (χ4v) is 2.95. The van der Waals surface area contributed by atoms with Crippen LogP contribution in [0.1, 0.15) is 25.0 Å². The number of benzene rings is 2. The van der Waals surface area contributed by atoms with Crippen LogP contribution in [0.3, 0.4) is 0 Å². The average Bonchev–Trinajstić information content (AvgIpc) is 2.69. The Balaban J connectivity index is 2.16. The van der Waals surface area contributed by atoms with E-state index in [1.54, 1.807) is 4.90 Å². The molecule has 0 saturated carbocycles. The van der Waals surface area contributed by atoms with Crippen molar-refractivity contribution >= 4 is 17.5 Å². The number of anilines is 1. The van der Waals surface area contributed by atoms with Gasteiger partial charge in [-0.3, -0.25) is 9.59 Å².